The van der Waals surface area contributed by atoms with Gasteiger partial charge in [0.1, 0.15) is 0 Å². The van der Waals surface area contributed by atoms with Crippen molar-refractivity contribution in [2.24, 2.45) is 5.92 Å². The number of nitriles is 1. The molecule has 1 heterocycles. The summed E-state index contributed by atoms with van der Waals surface area (Å²) in [5, 5.41) is 21.5. The van der Waals surface area contributed by atoms with Crippen LogP contribution in [0, 0.1) is 17.2 Å². The standard InChI is InChI=1S/C17H17N3O3/c18-8-11-4-6-13(7-5-11)16-15(20-10-23-16)17(22)19-9-14(21)12-2-1-3-12/h4-7,10,12,14,21H,1-3,9H2,(H,19,22). The fourth-order valence-electron chi connectivity index (χ4n) is 2.58. The zero-order valence-electron chi connectivity index (χ0n) is 12.5. The lowest BCUT2D eigenvalue weighted by molar-refractivity contribution is 0.0583. The maximum absolute atomic E-state index is 12.3. The molecule has 1 atom stereocenters. The molecule has 6 nitrogen and oxygen atoms in total. The van der Waals surface area contributed by atoms with Crippen molar-refractivity contribution in [2.45, 2.75) is 25.4 Å². The molecule has 6 heteroatoms. The largest absolute Gasteiger partial charge is 0.443 e. The lowest BCUT2D eigenvalue weighted by Crippen LogP contribution is -2.38. The summed E-state index contributed by atoms with van der Waals surface area (Å²) in [6.45, 7) is 0.211. The highest BCUT2D eigenvalue weighted by atomic mass is 16.3. The minimum absolute atomic E-state index is 0.176. The molecule has 1 unspecified atom stereocenters. The smallest absolute Gasteiger partial charge is 0.274 e. The van der Waals surface area contributed by atoms with Gasteiger partial charge in [0.15, 0.2) is 17.8 Å². The molecule has 1 aromatic heterocycles. The maximum atomic E-state index is 12.3. The highest BCUT2D eigenvalue weighted by molar-refractivity contribution is 5.97. The number of oxazole rings is 1. The number of aromatic nitrogens is 1. The summed E-state index contributed by atoms with van der Waals surface area (Å²) >= 11 is 0. The first-order valence-corrected chi connectivity index (χ1v) is 7.59. The van der Waals surface area contributed by atoms with Gasteiger partial charge in [-0.2, -0.15) is 5.26 Å². The second-order valence-corrected chi connectivity index (χ2v) is 5.69. The van der Waals surface area contributed by atoms with Gasteiger partial charge in [-0.05, 0) is 43.0 Å². The molecule has 2 aromatic rings. The summed E-state index contributed by atoms with van der Waals surface area (Å²) in [6, 6.07) is 8.76. The van der Waals surface area contributed by atoms with E-state index in [-0.39, 0.29) is 24.1 Å². The lowest BCUT2D eigenvalue weighted by Gasteiger charge is -2.30. The van der Waals surface area contributed by atoms with Gasteiger partial charge >= 0.3 is 0 Å². The Morgan fingerprint density at radius 2 is 2.17 bits per heavy atom. The first-order valence-electron chi connectivity index (χ1n) is 7.59. The fourth-order valence-corrected chi connectivity index (χ4v) is 2.58. The van der Waals surface area contributed by atoms with Crippen LogP contribution in [0.25, 0.3) is 11.3 Å². The van der Waals surface area contributed by atoms with Crippen molar-refractivity contribution in [3.05, 3.63) is 41.9 Å². The van der Waals surface area contributed by atoms with Crippen molar-refractivity contribution < 1.29 is 14.3 Å². The monoisotopic (exact) mass is 311 g/mol. The van der Waals surface area contributed by atoms with Crippen LogP contribution < -0.4 is 5.32 Å². The number of aliphatic hydroxyl groups excluding tert-OH is 1. The molecule has 0 bridgehead atoms. The van der Waals surface area contributed by atoms with Crippen LogP contribution in [-0.4, -0.2) is 28.6 Å². The molecule has 1 fully saturated rings. The molecule has 0 saturated heterocycles. The second kappa shape index (κ2) is 6.63. The quantitative estimate of drug-likeness (QED) is 0.881. The van der Waals surface area contributed by atoms with Gasteiger partial charge in [-0.3, -0.25) is 4.79 Å². The topological polar surface area (TPSA) is 99.2 Å². The lowest BCUT2D eigenvalue weighted by atomic mass is 9.81. The zero-order chi connectivity index (χ0) is 16.2. The van der Waals surface area contributed by atoms with E-state index in [0.29, 0.717) is 16.9 Å². The van der Waals surface area contributed by atoms with Crippen LogP contribution in [0.1, 0.15) is 35.3 Å². The van der Waals surface area contributed by atoms with Crippen LogP contribution in [0.15, 0.2) is 35.1 Å². The number of rotatable bonds is 5. The molecule has 1 aliphatic rings. The predicted molar refractivity (Wildman–Crippen MR) is 82.3 cm³/mol. The van der Waals surface area contributed by atoms with E-state index >= 15 is 0 Å². The van der Waals surface area contributed by atoms with Crippen molar-refractivity contribution in [1.29, 1.82) is 5.26 Å². The number of nitrogens with zero attached hydrogens (tertiary/aromatic N) is 2. The molecule has 0 aliphatic heterocycles. The van der Waals surface area contributed by atoms with E-state index in [2.05, 4.69) is 10.3 Å². The molecule has 3 rings (SSSR count). The van der Waals surface area contributed by atoms with Crippen molar-refractivity contribution in [2.75, 3.05) is 6.54 Å². The SMILES string of the molecule is N#Cc1ccc(-c2ocnc2C(=O)NCC(O)C2CCC2)cc1. The molecule has 1 aliphatic carbocycles. The summed E-state index contributed by atoms with van der Waals surface area (Å²) in [7, 11) is 0. The molecule has 1 amide bonds. The Morgan fingerprint density at radius 3 is 2.78 bits per heavy atom. The van der Waals surface area contributed by atoms with Crippen molar-refractivity contribution in [3.63, 3.8) is 0 Å². The summed E-state index contributed by atoms with van der Waals surface area (Å²) in [4.78, 5) is 16.2. The van der Waals surface area contributed by atoms with Crippen molar-refractivity contribution in [3.8, 4) is 17.4 Å². The van der Waals surface area contributed by atoms with E-state index in [1.54, 1.807) is 24.3 Å². The van der Waals surface area contributed by atoms with E-state index < -0.39 is 6.10 Å². The van der Waals surface area contributed by atoms with Gasteiger partial charge in [-0.15, -0.1) is 0 Å². The van der Waals surface area contributed by atoms with Crippen LogP contribution in [0.5, 0.6) is 0 Å². The van der Waals surface area contributed by atoms with Crippen LogP contribution >= 0.6 is 0 Å². The molecule has 1 aromatic carbocycles. The number of amides is 1. The molecule has 118 valence electrons. The molecular weight excluding hydrogens is 294 g/mol. The van der Waals surface area contributed by atoms with Crippen LogP contribution in [0.4, 0.5) is 0 Å². The van der Waals surface area contributed by atoms with E-state index in [4.69, 9.17) is 9.68 Å². The average Bonchev–Trinajstić information content (AvgIpc) is 3.00. The van der Waals surface area contributed by atoms with Gasteiger partial charge in [0.05, 0.1) is 17.7 Å². The maximum Gasteiger partial charge on any atom is 0.274 e. The van der Waals surface area contributed by atoms with Crippen LogP contribution in [0.3, 0.4) is 0 Å². The third kappa shape index (κ3) is 3.25. The predicted octanol–water partition coefficient (Wildman–Crippen LogP) is 2.10. The highest BCUT2D eigenvalue weighted by Crippen LogP contribution is 2.29. The third-order valence-corrected chi connectivity index (χ3v) is 4.22. The highest BCUT2D eigenvalue weighted by Gasteiger charge is 2.26. The molecule has 1 saturated carbocycles. The van der Waals surface area contributed by atoms with E-state index in [0.717, 1.165) is 19.3 Å². The summed E-state index contributed by atoms with van der Waals surface area (Å²) in [5.41, 5.74) is 1.38. The minimum atomic E-state index is -0.516. The van der Waals surface area contributed by atoms with Gasteiger partial charge in [0.25, 0.3) is 5.91 Å². The number of benzene rings is 1. The Hall–Kier alpha value is -2.65. The van der Waals surface area contributed by atoms with Gasteiger partial charge in [0, 0.05) is 12.1 Å². The van der Waals surface area contributed by atoms with Crippen molar-refractivity contribution in [1.82, 2.24) is 10.3 Å². The van der Waals surface area contributed by atoms with Gasteiger partial charge in [-0.1, -0.05) is 6.42 Å². The number of hydrogen-bond acceptors (Lipinski definition) is 5. The second-order valence-electron chi connectivity index (χ2n) is 5.69. The average molecular weight is 311 g/mol. The Kier molecular flexibility index (Phi) is 4.40. The minimum Gasteiger partial charge on any atom is -0.443 e. The summed E-state index contributed by atoms with van der Waals surface area (Å²) in [6.07, 6.45) is 3.86. The Labute approximate surface area is 133 Å². The van der Waals surface area contributed by atoms with E-state index in [9.17, 15) is 9.90 Å². The van der Waals surface area contributed by atoms with Crippen molar-refractivity contribution >= 4 is 5.91 Å². The Bertz CT molecular complexity index is 726. The Morgan fingerprint density at radius 1 is 1.43 bits per heavy atom. The van der Waals surface area contributed by atoms with Gasteiger partial charge in [0.2, 0.25) is 0 Å². The van der Waals surface area contributed by atoms with Gasteiger partial charge in [-0.25, -0.2) is 4.98 Å². The Balaban J connectivity index is 1.69. The van der Waals surface area contributed by atoms with E-state index in [1.165, 1.54) is 6.39 Å². The van der Waals surface area contributed by atoms with Crippen LogP contribution in [-0.2, 0) is 0 Å². The molecule has 2 N–H and O–H groups in total. The zero-order valence-corrected chi connectivity index (χ0v) is 12.5. The number of hydrogen-bond donors (Lipinski definition) is 2. The number of carbonyl (C=O) groups excluding carboxylic acids is 1. The summed E-state index contributed by atoms with van der Waals surface area (Å²) < 4.78 is 5.31. The fraction of sp³-hybridized carbons (Fsp3) is 0.353. The number of aliphatic hydroxyl groups is 1. The third-order valence-electron chi connectivity index (χ3n) is 4.22. The van der Waals surface area contributed by atoms with Crippen LogP contribution in [0.2, 0.25) is 0 Å². The first-order chi connectivity index (χ1) is 11.2. The number of nitrogens with one attached hydrogen (secondary N) is 1. The van der Waals surface area contributed by atoms with E-state index in [1.807, 2.05) is 6.07 Å². The van der Waals surface area contributed by atoms with Gasteiger partial charge < -0.3 is 14.8 Å². The molecular formula is C17H17N3O3. The molecule has 0 spiro atoms. The first kappa shape index (κ1) is 15.3. The molecule has 0 radical (unpaired) electrons. The number of carbonyl (C=O) groups is 1. The summed E-state index contributed by atoms with van der Waals surface area (Å²) in [5.74, 6) is 0.257. The molecule has 23 heavy (non-hydrogen) atoms. The normalized spacial score (nSPS) is 15.5.